The number of rotatable bonds is 7. The Bertz CT molecular complexity index is 2450. The summed E-state index contributed by atoms with van der Waals surface area (Å²) in [5, 5.41) is 2.59. The molecule has 9 aromatic rings. The molecule has 0 radical (unpaired) electrons. The Kier molecular flexibility index (Phi) is 7.77. The van der Waals surface area contributed by atoms with Gasteiger partial charge in [0.25, 0.3) is 0 Å². The van der Waals surface area contributed by atoms with Crippen LogP contribution >= 0.6 is 11.3 Å². The van der Waals surface area contributed by atoms with Crippen molar-refractivity contribution in [1.82, 2.24) is 0 Å². The van der Waals surface area contributed by atoms with Crippen molar-refractivity contribution >= 4 is 48.6 Å². The van der Waals surface area contributed by atoms with Gasteiger partial charge in [-0.2, -0.15) is 0 Å². The van der Waals surface area contributed by atoms with Crippen molar-refractivity contribution in [3.8, 4) is 44.5 Å². The SMILES string of the molecule is c1ccc(-c2ccc(-c3cc4c(cc3N(c3ccc(-c5ccccc5)cc3)c3ccc(-c5ccccc5)cc3)sc3ccccc34)cc2)cc1. The van der Waals surface area contributed by atoms with Crippen molar-refractivity contribution < 1.29 is 0 Å². The molecule has 0 bridgehead atoms. The Labute approximate surface area is 297 Å². The fraction of sp³-hybridized carbons (Fsp3) is 0. The third kappa shape index (κ3) is 5.66. The first-order valence-electron chi connectivity index (χ1n) is 17.0. The molecule has 50 heavy (non-hydrogen) atoms. The smallest absolute Gasteiger partial charge is 0.0554 e. The molecule has 9 rings (SSSR count). The van der Waals surface area contributed by atoms with E-state index in [4.69, 9.17) is 0 Å². The standard InChI is InChI=1S/C48H33NS/c1-4-12-34(13-5-1)37-20-22-40(23-21-37)44-32-45-43-18-10-11-19-47(43)50-48(45)33-46(44)49(41-28-24-38(25-29-41)35-14-6-2-7-15-35)42-30-26-39(27-31-42)36-16-8-3-9-17-36/h1-33H. The van der Waals surface area contributed by atoms with Crippen LogP contribution in [0.5, 0.6) is 0 Å². The highest BCUT2D eigenvalue weighted by Gasteiger charge is 2.20. The minimum atomic E-state index is 1.11. The monoisotopic (exact) mass is 655 g/mol. The molecule has 0 amide bonds. The zero-order chi connectivity index (χ0) is 33.3. The molecule has 2 heteroatoms. The van der Waals surface area contributed by atoms with Gasteiger partial charge < -0.3 is 4.90 Å². The fourth-order valence-corrected chi connectivity index (χ4v) is 8.06. The van der Waals surface area contributed by atoms with Gasteiger partial charge in [-0.25, -0.2) is 0 Å². The molecular weight excluding hydrogens is 623 g/mol. The molecule has 0 fully saturated rings. The lowest BCUT2D eigenvalue weighted by Crippen LogP contribution is -2.11. The number of hydrogen-bond donors (Lipinski definition) is 0. The average molecular weight is 656 g/mol. The van der Waals surface area contributed by atoms with Crippen LogP contribution < -0.4 is 4.90 Å². The molecule has 1 nitrogen and oxygen atoms in total. The van der Waals surface area contributed by atoms with Gasteiger partial charge in [0.2, 0.25) is 0 Å². The molecule has 0 unspecified atom stereocenters. The molecule has 0 aliphatic rings. The van der Waals surface area contributed by atoms with Crippen LogP contribution in [0.25, 0.3) is 64.7 Å². The van der Waals surface area contributed by atoms with Gasteiger partial charge in [0.05, 0.1) is 5.69 Å². The lowest BCUT2D eigenvalue weighted by atomic mass is 9.96. The fourth-order valence-electron chi connectivity index (χ4n) is 6.94. The van der Waals surface area contributed by atoms with Crippen LogP contribution in [0.1, 0.15) is 0 Å². The van der Waals surface area contributed by atoms with Crippen LogP contribution in [0.4, 0.5) is 17.1 Å². The van der Waals surface area contributed by atoms with E-state index in [9.17, 15) is 0 Å². The molecule has 0 spiro atoms. The lowest BCUT2D eigenvalue weighted by molar-refractivity contribution is 1.29. The van der Waals surface area contributed by atoms with Crippen molar-refractivity contribution in [2.75, 3.05) is 4.90 Å². The number of thiophene rings is 1. The van der Waals surface area contributed by atoms with E-state index < -0.39 is 0 Å². The highest BCUT2D eigenvalue weighted by Crippen LogP contribution is 2.47. The summed E-state index contributed by atoms with van der Waals surface area (Å²) in [6.07, 6.45) is 0. The van der Waals surface area contributed by atoms with Crippen molar-refractivity contribution in [3.63, 3.8) is 0 Å². The van der Waals surface area contributed by atoms with E-state index in [1.165, 1.54) is 64.7 Å². The van der Waals surface area contributed by atoms with Crippen LogP contribution in [0.2, 0.25) is 0 Å². The number of hydrogen-bond acceptors (Lipinski definition) is 2. The minimum absolute atomic E-state index is 1.11. The van der Waals surface area contributed by atoms with Crippen LogP contribution in [0.3, 0.4) is 0 Å². The highest BCUT2D eigenvalue weighted by molar-refractivity contribution is 7.25. The third-order valence-corrected chi connectivity index (χ3v) is 10.6. The van der Waals surface area contributed by atoms with E-state index in [1.54, 1.807) is 0 Å². The van der Waals surface area contributed by atoms with Crippen molar-refractivity contribution in [1.29, 1.82) is 0 Å². The highest BCUT2D eigenvalue weighted by atomic mass is 32.1. The van der Waals surface area contributed by atoms with E-state index in [0.29, 0.717) is 0 Å². The molecule has 0 aliphatic heterocycles. The Balaban J connectivity index is 1.25. The van der Waals surface area contributed by atoms with Gasteiger partial charge in [0.15, 0.2) is 0 Å². The lowest BCUT2D eigenvalue weighted by Gasteiger charge is -2.28. The predicted octanol–water partition coefficient (Wildman–Crippen LogP) is 14.2. The Morgan fingerprint density at radius 3 is 1.20 bits per heavy atom. The molecule has 0 saturated heterocycles. The quantitative estimate of drug-likeness (QED) is 0.165. The van der Waals surface area contributed by atoms with Gasteiger partial charge in [-0.15, -0.1) is 11.3 Å². The maximum absolute atomic E-state index is 2.42. The van der Waals surface area contributed by atoms with Gasteiger partial charge in [0.1, 0.15) is 0 Å². The Hall–Kier alpha value is -6.22. The summed E-state index contributed by atoms with van der Waals surface area (Å²) in [4.78, 5) is 2.42. The summed E-state index contributed by atoms with van der Waals surface area (Å²) in [5.74, 6) is 0. The normalized spacial score (nSPS) is 11.2. The van der Waals surface area contributed by atoms with E-state index >= 15 is 0 Å². The van der Waals surface area contributed by atoms with Crippen LogP contribution in [0, 0.1) is 0 Å². The van der Waals surface area contributed by atoms with Crippen LogP contribution in [-0.4, -0.2) is 0 Å². The molecule has 1 heterocycles. The minimum Gasteiger partial charge on any atom is -0.310 e. The zero-order valence-corrected chi connectivity index (χ0v) is 28.2. The molecular formula is C48H33NS. The number of nitrogens with zero attached hydrogens (tertiary/aromatic N) is 1. The first kappa shape index (κ1) is 29.9. The van der Waals surface area contributed by atoms with E-state index in [2.05, 4.69) is 205 Å². The largest absolute Gasteiger partial charge is 0.310 e. The van der Waals surface area contributed by atoms with Crippen LogP contribution in [0.15, 0.2) is 200 Å². The van der Waals surface area contributed by atoms with Crippen molar-refractivity contribution in [2.24, 2.45) is 0 Å². The van der Waals surface area contributed by atoms with Gasteiger partial charge in [-0.05, 0) is 81.4 Å². The van der Waals surface area contributed by atoms with Gasteiger partial charge in [-0.3, -0.25) is 0 Å². The summed E-state index contributed by atoms with van der Waals surface area (Å²) < 4.78 is 2.58. The second-order valence-electron chi connectivity index (χ2n) is 12.6. The molecule has 0 atom stereocenters. The van der Waals surface area contributed by atoms with Crippen molar-refractivity contribution in [3.05, 3.63) is 200 Å². The van der Waals surface area contributed by atoms with E-state index in [1.807, 2.05) is 11.3 Å². The topological polar surface area (TPSA) is 3.24 Å². The predicted molar refractivity (Wildman–Crippen MR) is 216 cm³/mol. The average Bonchev–Trinajstić information content (AvgIpc) is 3.57. The summed E-state index contributed by atoms with van der Waals surface area (Å²) >= 11 is 1.86. The van der Waals surface area contributed by atoms with Crippen molar-refractivity contribution in [2.45, 2.75) is 0 Å². The van der Waals surface area contributed by atoms with E-state index in [0.717, 1.165) is 17.1 Å². The number of anilines is 3. The molecule has 8 aromatic carbocycles. The first-order valence-corrected chi connectivity index (χ1v) is 17.8. The Morgan fingerprint density at radius 1 is 0.300 bits per heavy atom. The summed E-state index contributed by atoms with van der Waals surface area (Å²) in [5.41, 5.74) is 13.0. The molecule has 0 N–H and O–H groups in total. The maximum atomic E-state index is 2.42. The van der Waals surface area contributed by atoms with E-state index in [-0.39, 0.29) is 0 Å². The molecule has 1 aromatic heterocycles. The van der Waals surface area contributed by atoms with Gasteiger partial charge in [-0.1, -0.05) is 158 Å². The number of benzene rings is 8. The second kappa shape index (κ2) is 13.0. The summed E-state index contributed by atoms with van der Waals surface area (Å²) in [6.45, 7) is 0. The first-order chi connectivity index (χ1) is 24.8. The molecule has 236 valence electrons. The second-order valence-corrected chi connectivity index (χ2v) is 13.7. The van der Waals surface area contributed by atoms with Crippen LogP contribution in [-0.2, 0) is 0 Å². The summed E-state index contributed by atoms with van der Waals surface area (Å²) in [7, 11) is 0. The zero-order valence-electron chi connectivity index (χ0n) is 27.4. The maximum Gasteiger partial charge on any atom is 0.0554 e. The van der Waals surface area contributed by atoms with Gasteiger partial charge in [0, 0.05) is 37.1 Å². The van der Waals surface area contributed by atoms with Gasteiger partial charge >= 0.3 is 0 Å². The third-order valence-electron chi connectivity index (χ3n) is 9.50. The summed E-state index contributed by atoms with van der Waals surface area (Å²) in [6, 6.07) is 72.4. The number of fused-ring (bicyclic) bond motifs is 3. The Morgan fingerprint density at radius 2 is 0.700 bits per heavy atom. The molecule has 0 aliphatic carbocycles. The molecule has 0 saturated carbocycles.